The van der Waals surface area contributed by atoms with Gasteiger partial charge in [-0.25, -0.2) is 8.42 Å². The van der Waals surface area contributed by atoms with Crippen LogP contribution in [-0.4, -0.2) is 45.4 Å². The smallest absolute Gasteiger partial charge is 0.241 e. The Hall–Kier alpha value is -1.97. The van der Waals surface area contributed by atoms with E-state index in [2.05, 4.69) is 20.7 Å². The second kappa shape index (κ2) is 8.41. The molecule has 1 heterocycles. The molecule has 1 fully saturated rings. The predicted octanol–water partition coefficient (Wildman–Crippen LogP) is 0.180. The first-order valence-electron chi connectivity index (χ1n) is 8.19. The number of amides is 2. The molecule has 1 aromatic rings. The molecule has 25 heavy (non-hydrogen) atoms. The lowest BCUT2D eigenvalue weighted by molar-refractivity contribution is -0.123. The SMILES string of the molecule is CC(=O)Nc1ccc(S(=O)(=O)NC(C)C(=O)N[C@H]2CCCNC2)cc1. The van der Waals surface area contributed by atoms with Crippen LogP contribution >= 0.6 is 0 Å². The van der Waals surface area contributed by atoms with Crippen molar-refractivity contribution < 1.29 is 18.0 Å². The van der Waals surface area contributed by atoms with Crippen molar-refractivity contribution in [1.82, 2.24) is 15.4 Å². The standard InChI is InChI=1S/C16H24N4O4S/c1-11(16(22)19-14-4-3-9-17-10-14)20-25(23,24)15-7-5-13(6-8-15)18-12(2)21/h5-8,11,14,17,20H,3-4,9-10H2,1-2H3,(H,18,21)(H,19,22)/t11?,14-/m0/s1. The van der Waals surface area contributed by atoms with Gasteiger partial charge in [-0.1, -0.05) is 0 Å². The second-order valence-electron chi connectivity index (χ2n) is 6.10. The molecule has 0 radical (unpaired) electrons. The van der Waals surface area contributed by atoms with Gasteiger partial charge in [-0.15, -0.1) is 0 Å². The first-order chi connectivity index (χ1) is 11.8. The number of piperidine rings is 1. The van der Waals surface area contributed by atoms with Crippen molar-refractivity contribution in [3.8, 4) is 0 Å². The van der Waals surface area contributed by atoms with Gasteiger partial charge in [-0.05, 0) is 50.6 Å². The van der Waals surface area contributed by atoms with E-state index in [1.165, 1.54) is 38.1 Å². The number of nitrogens with one attached hydrogen (secondary N) is 4. The number of carbonyl (C=O) groups excluding carboxylic acids is 2. The van der Waals surface area contributed by atoms with Gasteiger partial charge in [-0.2, -0.15) is 4.72 Å². The number of sulfonamides is 1. The number of rotatable bonds is 6. The van der Waals surface area contributed by atoms with Crippen LogP contribution in [0.4, 0.5) is 5.69 Å². The van der Waals surface area contributed by atoms with Gasteiger partial charge in [0.25, 0.3) is 0 Å². The lowest BCUT2D eigenvalue weighted by atomic mass is 10.1. The molecule has 4 N–H and O–H groups in total. The molecule has 0 aliphatic carbocycles. The van der Waals surface area contributed by atoms with Crippen molar-refractivity contribution in [3.63, 3.8) is 0 Å². The summed E-state index contributed by atoms with van der Waals surface area (Å²) in [4.78, 5) is 23.2. The Balaban J connectivity index is 1.96. The molecule has 0 bridgehead atoms. The highest BCUT2D eigenvalue weighted by atomic mass is 32.2. The first kappa shape index (κ1) is 19.4. The Morgan fingerprint density at radius 2 is 1.92 bits per heavy atom. The summed E-state index contributed by atoms with van der Waals surface area (Å²) >= 11 is 0. The average molecular weight is 368 g/mol. The molecular weight excluding hydrogens is 344 g/mol. The van der Waals surface area contributed by atoms with Crippen LogP contribution in [0.5, 0.6) is 0 Å². The van der Waals surface area contributed by atoms with Gasteiger partial charge < -0.3 is 16.0 Å². The Morgan fingerprint density at radius 1 is 1.24 bits per heavy atom. The Labute approximate surface area is 147 Å². The summed E-state index contributed by atoms with van der Waals surface area (Å²) in [6, 6.07) is 4.88. The predicted molar refractivity (Wildman–Crippen MR) is 94.6 cm³/mol. The largest absolute Gasteiger partial charge is 0.351 e. The monoisotopic (exact) mass is 368 g/mol. The third-order valence-electron chi connectivity index (χ3n) is 3.85. The van der Waals surface area contributed by atoms with E-state index in [0.29, 0.717) is 12.2 Å². The van der Waals surface area contributed by atoms with E-state index in [-0.39, 0.29) is 22.8 Å². The molecule has 2 atom stereocenters. The van der Waals surface area contributed by atoms with Crippen LogP contribution in [-0.2, 0) is 19.6 Å². The summed E-state index contributed by atoms with van der Waals surface area (Å²) in [7, 11) is -3.83. The molecule has 0 spiro atoms. The summed E-state index contributed by atoms with van der Waals surface area (Å²) in [5.74, 6) is -0.594. The molecular formula is C16H24N4O4S. The molecule has 1 aliphatic heterocycles. The minimum absolute atomic E-state index is 0.0187. The Kier molecular flexibility index (Phi) is 6.51. The van der Waals surface area contributed by atoms with E-state index >= 15 is 0 Å². The maximum Gasteiger partial charge on any atom is 0.241 e. The topological polar surface area (TPSA) is 116 Å². The minimum Gasteiger partial charge on any atom is -0.351 e. The summed E-state index contributed by atoms with van der Waals surface area (Å²) < 4.78 is 27.1. The second-order valence-corrected chi connectivity index (χ2v) is 7.81. The number of benzene rings is 1. The highest BCUT2D eigenvalue weighted by molar-refractivity contribution is 7.89. The molecule has 1 saturated heterocycles. The van der Waals surface area contributed by atoms with Crippen LogP contribution in [0.1, 0.15) is 26.7 Å². The molecule has 9 heteroatoms. The zero-order valence-electron chi connectivity index (χ0n) is 14.3. The Morgan fingerprint density at radius 3 is 2.48 bits per heavy atom. The van der Waals surface area contributed by atoms with Crippen molar-refractivity contribution >= 4 is 27.5 Å². The average Bonchev–Trinajstić information content (AvgIpc) is 2.55. The van der Waals surface area contributed by atoms with Crippen LogP contribution in [0.25, 0.3) is 0 Å². The van der Waals surface area contributed by atoms with E-state index in [0.717, 1.165) is 19.4 Å². The van der Waals surface area contributed by atoms with Crippen LogP contribution in [0.3, 0.4) is 0 Å². The normalized spacial score (nSPS) is 19.0. The number of anilines is 1. The van der Waals surface area contributed by atoms with Crippen molar-refractivity contribution in [2.45, 2.75) is 43.7 Å². The van der Waals surface area contributed by atoms with E-state index < -0.39 is 16.1 Å². The summed E-state index contributed by atoms with van der Waals surface area (Å²) in [5, 5.41) is 8.60. The van der Waals surface area contributed by atoms with Crippen LogP contribution < -0.4 is 20.7 Å². The third-order valence-corrected chi connectivity index (χ3v) is 5.41. The van der Waals surface area contributed by atoms with Gasteiger partial charge in [0.05, 0.1) is 10.9 Å². The summed E-state index contributed by atoms with van der Waals surface area (Å²) in [6.45, 7) is 4.50. The highest BCUT2D eigenvalue weighted by Gasteiger charge is 2.24. The van der Waals surface area contributed by atoms with Gasteiger partial charge in [-0.3, -0.25) is 9.59 Å². The van der Waals surface area contributed by atoms with Gasteiger partial charge in [0.2, 0.25) is 21.8 Å². The molecule has 0 aromatic heterocycles. The maximum absolute atomic E-state index is 12.4. The van der Waals surface area contributed by atoms with E-state index in [1.54, 1.807) is 0 Å². The van der Waals surface area contributed by atoms with Crippen molar-refractivity contribution in [2.75, 3.05) is 18.4 Å². The van der Waals surface area contributed by atoms with E-state index in [9.17, 15) is 18.0 Å². The third kappa shape index (κ3) is 5.80. The maximum atomic E-state index is 12.4. The van der Waals surface area contributed by atoms with Gasteiger partial charge in [0, 0.05) is 25.2 Å². The molecule has 138 valence electrons. The Bertz CT molecular complexity index is 712. The fourth-order valence-corrected chi connectivity index (χ4v) is 3.78. The number of carbonyl (C=O) groups is 2. The van der Waals surface area contributed by atoms with Crippen LogP contribution in [0, 0.1) is 0 Å². The molecule has 1 unspecified atom stereocenters. The molecule has 1 aromatic carbocycles. The lowest BCUT2D eigenvalue weighted by Gasteiger charge is -2.25. The quantitative estimate of drug-likeness (QED) is 0.572. The molecule has 2 rings (SSSR count). The van der Waals surface area contributed by atoms with Crippen LogP contribution in [0.15, 0.2) is 29.2 Å². The zero-order chi connectivity index (χ0) is 18.4. The van der Waals surface area contributed by atoms with Crippen molar-refractivity contribution in [2.24, 2.45) is 0 Å². The van der Waals surface area contributed by atoms with Crippen molar-refractivity contribution in [1.29, 1.82) is 0 Å². The fourth-order valence-electron chi connectivity index (χ4n) is 2.58. The number of hydrogen-bond acceptors (Lipinski definition) is 5. The molecule has 2 amide bonds. The van der Waals surface area contributed by atoms with Crippen molar-refractivity contribution in [3.05, 3.63) is 24.3 Å². The van der Waals surface area contributed by atoms with Gasteiger partial charge in [0.1, 0.15) is 0 Å². The van der Waals surface area contributed by atoms with E-state index in [1.807, 2.05) is 0 Å². The number of hydrogen-bond donors (Lipinski definition) is 4. The summed E-state index contributed by atoms with van der Waals surface area (Å²) in [5.41, 5.74) is 0.502. The lowest BCUT2D eigenvalue weighted by Crippen LogP contribution is -2.52. The van der Waals surface area contributed by atoms with E-state index in [4.69, 9.17) is 0 Å². The molecule has 0 saturated carbocycles. The molecule has 8 nitrogen and oxygen atoms in total. The van der Waals surface area contributed by atoms with Gasteiger partial charge in [0.15, 0.2) is 0 Å². The minimum atomic E-state index is -3.83. The zero-order valence-corrected chi connectivity index (χ0v) is 15.2. The first-order valence-corrected chi connectivity index (χ1v) is 9.67. The van der Waals surface area contributed by atoms with Gasteiger partial charge >= 0.3 is 0 Å². The highest BCUT2D eigenvalue weighted by Crippen LogP contribution is 2.14. The molecule has 1 aliphatic rings. The fraction of sp³-hybridized carbons (Fsp3) is 0.500. The summed E-state index contributed by atoms with van der Waals surface area (Å²) in [6.07, 6.45) is 1.86. The van der Waals surface area contributed by atoms with Crippen LogP contribution in [0.2, 0.25) is 0 Å².